The number of amides is 1. The average Bonchev–Trinajstić information content (AvgIpc) is 3.27. The van der Waals surface area contributed by atoms with Gasteiger partial charge in [0.2, 0.25) is 5.91 Å². The Morgan fingerprint density at radius 1 is 0.972 bits per heavy atom. The van der Waals surface area contributed by atoms with Gasteiger partial charge in [0.05, 0.1) is 18.9 Å². The molecule has 4 rings (SSSR count). The van der Waals surface area contributed by atoms with Crippen LogP contribution in [0.4, 0.5) is 11.4 Å². The number of carbonyl (C=O) groups is 1. The van der Waals surface area contributed by atoms with Crippen molar-refractivity contribution in [3.63, 3.8) is 0 Å². The number of carbonyl (C=O) groups excluding carboxylic acids is 1. The zero-order valence-corrected chi connectivity index (χ0v) is 22.0. The van der Waals surface area contributed by atoms with E-state index < -0.39 is 0 Å². The van der Waals surface area contributed by atoms with Crippen LogP contribution in [0.25, 0.3) is 5.69 Å². The Bertz CT molecular complexity index is 1310. The van der Waals surface area contributed by atoms with Crippen molar-refractivity contribution in [3.8, 4) is 11.4 Å². The molecule has 1 aromatic heterocycles. The number of rotatable bonds is 9. The summed E-state index contributed by atoms with van der Waals surface area (Å²) in [7, 11) is 1.65. The molecule has 186 valence electrons. The molecule has 0 fully saturated rings. The number of methoxy groups -OCH3 is 1. The molecule has 0 saturated heterocycles. The highest BCUT2D eigenvalue weighted by molar-refractivity contribution is 8.00. The largest absolute Gasteiger partial charge is 0.497 e. The van der Waals surface area contributed by atoms with Crippen LogP contribution < -0.4 is 15.4 Å². The second-order valence-electron chi connectivity index (χ2n) is 8.67. The van der Waals surface area contributed by atoms with Crippen molar-refractivity contribution in [2.24, 2.45) is 0 Å². The van der Waals surface area contributed by atoms with Crippen LogP contribution >= 0.6 is 11.8 Å². The van der Waals surface area contributed by atoms with Gasteiger partial charge >= 0.3 is 0 Å². The van der Waals surface area contributed by atoms with Crippen molar-refractivity contribution in [3.05, 3.63) is 89.2 Å². The second kappa shape index (κ2) is 11.3. The summed E-state index contributed by atoms with van der Waals surface area (Å²) in [6.07, 6.45) is 0. The lowest BCUT2D eigenvalue weighted by Gasteiger charge is -2.16. The Hall–Kier alpha value is -3.78. The molecular weight excluding hydrogens is 470 g/mol. The third-order valence-corrected chi connectivity index (χ3v) is 6.96. The monoisotopic (exact) mass is 501 g/mol. The zero-order chi connectivity index (χ0) is 25.7. The van der Waals surface area contributed by atoms with Crippen molar-refractivity contribution < 1.29 is 9.53 Å². The van der Waals surface area contributed by atoms with Crippen LogP contribution in [-0.2, 0) is 11.3 Å². The number of aryl methyl sites for hydroxylation is 3. The molecule has 0 unspecified atom stereocenters. The minimum atomic E-state index is -0.375. The lowest BCUT2D eigenvalue weighted by atomic mass is 10.1. The number of nitrogens with zero attached hydrogens (tertiary/aromatic N) is 3. The first-order chi connectivity index (χ1) is 17.4. The van der Waals surface area contributed by atoms with Crippen LogP contribution in [0.1, 0.15) is 29.4 Å². The third kappa shape index (κ3) is 5.88. The highest BCUT2D eigenvalue weighted by Crippen LogP contribution is 2.28. The minimum absolute atomic E-state index is 0.0752. The number of anilines is 2. The van der Waals surface area contributed by atoms with Crippen molar-refractivity contribution >= 4 is 29.0 Å². The molecule has 0 spiro atoms. The predicted octanol–water partition coefficient (Wildman–Crippen LogP) is 5.93. The minimum Gasteiger partial charge on any atom is -0.497 e. The number of benzene rings is 3. The fraction of sp³-hybridized carbons (Fsp3) is 0.250. The molecule has 1 amide bonds. The first-order valence-corrected chi connectivity index (χ1v) is 12.7. The number of para-hydroxylation sites is 1. The highest BCUT2D eigenvalue weighted by Gasteiger charge is 2.22. The van der Waals surface area contributed by atoms with Crippen LogP contribution in [0.5, 0.6) is 5.75 Å². The lowest BCUT2D eigenvalue weighted by molar-refractivity contribution is -0.115. The number of ether oxygens (including phenoxy) is 1. The summed E-state index contributed by atoms with van der Waals surface area (Å²) in [5.74, 6) is 1.48. The Labute approximate surface area is 216 Å². The average molecular weight is 502 g/mol. The molecule has 1 heterocycles. The van der Waals surface area contributed by atoms with E-state index in [1.54, 1.807) is 7.11 Å². The Morgan fingerprint density at radius 2 is 1.64 bits per heavy atom. The topological polar surface area (TPSA) is 81.1 Å². The molecule has 0 saturated carbocycles. The standard InChI is InChI=1S/C28H31N5O2S/c1-18-9-13-23(14-10-18)33-25(17-29-22-11-15-24(35-5)16-12-22)31-32-28(33)36-21(4)27(34)30-26-19(2)7-6-8-20(26)3/h6-16,21,29H,17H2,1-5H3,(H,30,34)/t21-/m1/s1. The van der Waals surface area contributed by atoms with Crippen LogP contribution in [-0.4, -0.2) is 33.0 Å². The van der Waals surface area contributed by atoms with E-state index in [0.717, 1.165) is 39.8 Å². The van der Waals surface area contributed by atoms with E-state index in [2.05, 4.69) is 39.9 Å². The Balaban J connectivity index is 1.56. The van der Waals surface area contributed by atoms with Crippen LogP contribution in [0.3, 0.4) is 0 Å². The zero-order valence-electron chi connectivity index (χ0n) is 21.2. The van der Waals surface area contributed by atoms with Gasteiger partial charge in [0.25, 0.3) is 0 Å². The van der Waals surface area contributed by atoms with E-state index in [-0.39, 0.29) is 11.2 Å². The maximum absolute atomic E-state index is 13.1. The van der Waals surface area contributed by atoms with E-state index in [9.17, 15) is 4.79 Å². The van der Waals surface area contributed by atoms with Gasteiger partial charge in [-0.2, -0.15) is 0 Å². The van der Waals surface area contributed by atoms with Gasteiger partial charge in [0, 0.05) is 17.1 Å². The number of thioether (sulfide) groups is 1. The molecule has 7 nitrogen and oxygen atoms in total. The molecule has 36 heavy (non-hydrogen) atoms. The van der Waals surface area contributed by atoms with E-state index in [1.165, 1.54) is 17.3 Å². The van der Waals surface area contributed by atoms with Crippen molar-refractivity contribution in [1.29, 1.82) is 0 Å². The quantitative estimate of drug-likeness (QED) is 0.277. The highest BCUT2D eigenvalue weighted by atomic mass is 32.2. The van der Waals surface area contributed by atoms with Gasteiger partial charge in [-0.05, 0) is 75.2 Å². The fourth-order valence-corrected chi connectivity index (χ4v) is 4.67. The Kier molecular flexibility index (Phi) is 7.95. The fourth-order valence-electron chi connectivity index (χ4n) is 3.78. The third-order valence-electron chi connectivity index (χ3n) is 5.91. The molecule has 0 aliphatic heterocycles. The maximum atomic E-state index is 13.1. The van der Waals surface area contributed by atoms with Crippen LogP contribution in [0, 0.1) is 20.8 Å². The number of hydrogen-bond acceptors (Lipinski definition) is 6. The summed E-state index contributed by atoms with van der Waals surface area (Å²) in [5, 5.41) is 15.7. The predicted molar refractivity (Wildman–Crippen MR) is 146 cm³/mol. The summed E-state index contributed by atoms with van der Waals surface area (Å²) in [5.41, 5.74) is 6.00. The molecule has 1 atom stereocenters. The Morgan fingerprint density at radius 3 is 2.28 bits per heavy atom. The first-order valence-electron chi connectivity index (χ1n) is 11.8. The molecule has 0 radical (unpaired) electrons. The molecule has 4 aromatic rings. The van der Waals surface area contributed by atoms with Crippen molar-refractivity contribution in [2.75, 3.05) is 17.7 Å². The number of hydrogen-bond donors (Lipinski definition) is 2. The molecule has 8 heteroatoms. The normalized spacial score (nSPS) is 11.7. The van der Waals surface area contributed by atoms with Crippen molar-refractivity contribution in [1.82, 2.24) is 14.8 Å². The van der Waals surface area contributed by atoms with Gasteiger partial charge in [-0.15, -0.1) is 10.2 Å². The van der Waals surface area contributed by atoms with Crippen LogP contribution in [0.15, 0.2) is 71.9 Å². The summed E-state index contributed by atoms with van der Waals surface area (Å²) in [6.45, 7) is 8.40. The first kappa shape index (κ1) is 25.3. The summed E-state index contributed by atoms with van der Waals surface area (Å²) < 4.78 is 7.24. The van der Waals surface area contributed by atoms with Gasteiger partial charge in [0.1, 0.15) is 5.75 Å². The van der Waals surface area contributed by atoms with E-state index >= 15 is 0 Å². The summed E-state index contributed by atoms with van der Waals surface area (Å²) in [4.78, 5) is 13.1. The van der Waals surface area contributed by atoms with E-state index in [0.29, 0.717) is 11.7 Å². The maximum Gasteiger partial charge on any atom is 0.237 e. The summed E-state index contributed by atoms with van der Waals surface area (Å²) in [6, 6.07) is 21.9. The molecule has 0 bridgehead atoms. The van der Waals surface area contributed by atoms with Crippen molar-refractivity contribution in [2.45, 2.75) is 44.6 Å². The van der Waals surface area contributed by atoms with Gasteiger partial charge in [0.15, 0.2) is 11.0 Å². The van der Waals surface area contributed by atoms with Gasteiger partial charge in [-0.1, -0.05) is 47.7 Å². The van der Waals surface area contributed by atoms with Gasteiger partial charge < -0.3 is 15.4 Å². The second-order valence-corrected chi connectivity index (χ2v) is 9.98. The van der Waals surface area contributed by atoms with E-state index in [1.807, 2.05) is 79.9 Å². The molecule has 0 aliphatic rings. The van der Waals surface area contributed by atoms with Gasteiger partial charge in [-0.25, -0.2) is 0 Å². The molecule has 3 aromatic carbocycles. The number of aromatic nitrogens is 3. The summed E-state index contributed by atoms with van der Waals surface area (Å²) >= 11 is 1.39. The molecule has 2 N–H and O–H groups in total. The van der Waals surface area contributed by atoms with E-state index in [4.69, 9.17) is 4.74 Å². The van der Waals surface area contributed by atoms with Crippen LogP contribution in [0.2, 0.25) is 0 Å². The smallest absolute Gasteiger partial charge is 0.237 e. The molecular formula is C28H31N5O2S. The van der Waals surface area contributed by atoms with Gasteiger partial charge in [-0.3, -0.25) is 9.36 Å². The SMILES string of the molecule is COc1ccc(NCc2nnc(S[C@H](C)C(=O)Nc3c(C)cccc3C)n2-c2ccc(C)cc2)cc1. The lowest BCUT2D eigenvalue weighted by Crippen LogP contribution is -2.24. The number of nitrogens with one attached hydrogen (secondary N) is 2. The molecule has 0 aliphatic carbocycles.